The Morgan fingerprint density at radius 2 is 1.59 bits per heavy atom. The number of hydrogen-bond acceptors (Lipinski definition) is 6. The summed E-state index contributed by atoms with van der Waals surface area (Å²) in [7, 11) is 0. The van der Waals surface area contributed by atoms with Crippen molar-refractivity contribution in [2.24, 2.45) is 52.3 Å². The molecule has 2 heterocycles. The molecule has 6 aliphatic rings. The first kappa shape index (κ1) is 26.1. The van der Waals surface area contributed by atoms with Crippen molar-refractivity contribution < 1.29 is 23.8 Å². The number of carbonyl (C=O) groups excluding carboxylic acids is 2. The van der Waals surface area contributed by atoms with Crippen LogP contribution in [-0.4, -0.2) is 42.5 Å². The summed E-state index contributed by atoms with van der Waals surface area (Å²) < 4.78 is 18.9. The molecule has 0 bridgehead atoms. The maximum Gasteiger partial charge on any atom is 0.302 e. The molecule has 4 aliphatic carbocycles. The molecule has 0 aromatic rings. The molecule has 6 rings (SSSR count). The third-order valence-corrected chi connectivity index (χ3v) is 12.7. The van der Waals surface area contributed by atoms with Gasteiger partial charge in [0.15, 0.2) is 0 Å². The highest BCUT2D eigenvalue weighted by atomic mass is 16.5. The van der Waals surface area contributed by atoms with Crippen LogP contribution >= 0.6 is 0 Å². The molecular weight excluding hydrogens is 466 g/mol. The van der Waals surface area contributed by atoms with Gasteiger partial charge in [0.2, 0.25) is 0 Å². The summed E-state index contributed by atoms with van der Waals surface area (Å²) in [5.74, 6) is 3.32. The largest absolute Gasteiger partial charge is 0.463 e. The normalized spacial score (nSPS) is 54.5. The van der Waals surface area contributed by atoms with E-state index >= 15 is 0 Å². The molecule has 6 heteroatoms. The van der Waals surface area contributed by atoms with E-state index in [4.69, 9.17) is 14.2 Å². The minimum Gasteiger partial charge on any atom is -0.463 e. The average Bonchev–Trinajstić information content (AvgIpc) is 3.26. The number of nitrogens with one attached hydrogen (secondary N) is 1. The Bertz CT molecular complexity index is 929. The zero-order valence-corrected chi connectivity index (χ0v) is 23.9. The van der Waals surface area contributed by atoms with E-state index in [1.54, 1.807) is 6.92 Å². The maximum atomic E-state index is 12.4. The van der Waals surface area contributed by atoms with Crippen LogP contribution in [0, 0.1) is 52.3 Å². The van der Waals surface area contributed by atoms with E-state index in [0.29, 0.717) is 41.6 Å². The highest BCUT2D eigenvalue weighted by molar-refractivity contribution is 5.66. The molecule has 2 saturated heterocycles. The van der Waals surface area contributed by atoms with E-state index in [2.05, 4.69) is 33.0 Å². The Labute approximate surface area is 223 Å². The summed E-state index contributed by atoms with van der Waals surface area (Å²) in [6.45, 7) is 14.0. The van der Waals surface area contributed by atoms with Gasteiger partial charge >= 0.3 is 11.9 Å². The quantitative estimate of drug-likeness (QED) is 0.491. The first-order chi connectivity index (χ1) is 17.5. The van der Waals surface area contributed by atoms with Gasteiger partial charge < -0.3 is 14.2 Å². The lowest BCUT2D eigenvalue weighted by Gasteiger charge is -2.63. The van der Waals surface area contributed by atoms with Gasteiger partial charge in [0, 0.05) is 32.2 Å². The lowest BCUT2D eigenvalue weighted by molar-refractivity contribution is -0.199. The number of piperidine rings is 1. The minimum absolute atomic E-state index is 0.000877. The van der Waals surface area contributed by atoms with Crippen LogP contribution in [0.25, 0.3) is 0 Å². The van der Waals surface area contributed by atoms with Gasteiger partial charge in [0.05, 0.1) is 6.10 Å². The molecule has 37 heavy (non-hydrogen) atoms. The van der Waals surface area contributed by atoms with Crippen LogP contribution in [0.5, 0.6) is 0 Å². The molecule has 13 unspecified atom stereocenters. The van der Waals surface area contributed by atoms with Crippen molar-refractivity contribution >= 4 is 11.9 Å². The molecule has 6 fully saturated rings. The zero-order valence-electron chi connectivity index (χ0n) is 23.9. The van der Waals surface area contributed by atoms with Gasteiger partial charge in [-0.25, -0.2) is 0 Å². The molecular formula is C31H49NO5. The Hall–Kier alpha value is -1.14. The molecule has 1 spiro atoms. The van der Waals surface area contributed by atoms with Gasteiger partial charge in [-0.3, -0.25) is 14.9 Å². The van der Waals surface area contributed by atoms with Crippen LogP contribution in [0.1, 0.15) is 99.3 Å². The fourth-order valence-electron chi connectivity index (χ4n) is 11.0. The minimum atomic E-state index is -0.182. The van der Waals surface area contributed by atoms with Crippen molar-refractivity contribution in [1.82, 2.24) is 5.32 Å². The molecule has 0 radical (unpaired) electrons. The SMILES string of the molecule is CC(=O)OC1CCC2(C)C(C1)CC(OC(C)=O)C1C2CCC2(C)C1CC1OC3(CCC(C)CN3)C(C)C12. The summed E-state index contributed by atoms with van der Waals surface area (Å²) in [4.78, 5) is 24.1. The van der Waals surface area contributed by atoms with E-state index in [0.717, 1.165) is 51.0 Å². The second-order valence-corrected chi connectivity index (χ2v) is 14.5. The number of fused-ring (bicyclic) bond motifs is 7. The van der Waals surface area contributed by atoms with Gasteiger partial charge in [0.25, 0.3) is 0 Å². The van der Waals surface area contributed by atoms with Crippen LogP contribution in [0.15, 0.2) is 0 Å². The van der Waals surface area contributed by atoms with E-state index in [9.17, 15) is 9.59 Å². The summed E-state index contributed by atoms with van der Waals surface area (Å²) in [6, 6.07) is 0. The van der Waals surface area contributed by atoms with Crippen molar-refractivity contribution in [2.75, 3.05) is 6.54 Å². The van der Waals surface area contributed by atoms with Gasteiger partial charge in [-0.1, -0.05) is 27.7 Å². The molecule has 208 valence electrons. The second-order valence-electron chi connectivity index (χ2n) is 14.5. The third kappa shape index (κ3) is 3.93. The lowest BCUT2D eigenvalue weighted by atomic mass is 9.43. The van der Waals surface area contributed by atoms with E-state index < -0.39 is 0 Å². The van der Waals surface area contributed by atoms with Crippen LogP contribution in [0.4, 0.5) is 0 Å². The maximum absolute atomic E-state index is 12.4. The van der Waals surface area contributed by atoms with Gasteiger partial charge in [-0.05, 0) is 98.2 Å². The summed E-state index contributed by atoms with van der Waals surface area (Å²) >= 11 is 0. The van der Waals surface area contributed by atoms with Crippen molar-refractivity contribution in [1.29, 1.82) is 0 Å². The number of hydrogen-bond donors (Lipinski definition) is 1. The summed E-state index contributed by atoms with van der Waals surface area (Å²) in [5.41, 5.74) is 0.280. The van der Waals surface area contributed by atoms with Crippen LogP contribution < -0.4 is 5.32 Å². The van der Waals surface area contributed by atoms with E-state index in [1.807, 2.05) is 0 Å². The highest BCUT2D eigenvalue weighted by Crippen LogP contribution is 2.71. The molecule has 0 amide bonds. The molecule has 6 nitrogen and oxygen atoms in total. The summed E-state index contributed by atoms with van der Waals surface area (Å²) in [6.07, 6.45) is 10.0. The molecule has 4 saturated carbocycles. The standard InChI is InChI=1S/C31H49NO5/c1-17-7-12-31(32-16-17)18(2)28-26(37-31)15-24-27-23(9-11-30(24,28)6)29(5)10-8-22(35-19(3)33)13-21(29)14-25(27)36-20(4)34/h17-18,21-28,32H,7-16H2,1-6H3. The van der Waals surface area contributed by atoms with Crippen molar-refractivity contribution in [2.45, 2.75) is 123 Å². The lowest BCUT2D eigenvalue weighted by Crippen LogP contribution is -2.60. The fraction of sp³-hybridized carbons (Fsp3) is 0.935. The zero-order chi connectivity index (χ0) is 26.3. The Morgan fingerprint density at radius 3 is 2.27 bits per heavy atom. The van der Waals surface area contributed by atoms with E-state index in [-0.39, 0.29) is 40.7 Å². The number of rotatable bonds is 2. The Morgan fingerprint density at radius 1 is 0.865 bits per heavy atom. The van der Waals surface area contributed by atoms with Gasteiger partial charge in [0.1, 0.15) is 17.9 Å². The predicted molar refractivity (Wildman–Crippen MR) is 140 cm³/mol. The average molecular weight is 516 g/mol. The van der Waals surface area contributed by atoms with Crippen molar-refractivity contribution in [3.63, 3.8) is 0 Å². The van der Waals surface area contributed by atoms with Gasteiger partial charge in [-0.15, -0.1) is 0 Å². The number of ether oxygens (including phenoxy) is 3. The molecule has 2 aliphatic heterocycles. The van der Waals surface area contributed by atoms with E-state index in [1.165, 1.54) is 26.2 Å². The van der Waals surface area contributed by atoms with Crippen LogP contribution in [0.3, 0.4) is 0 Å². The third-order valence-electron chi connectivity index (χ3n) is 12.7. The molecule has 0 aromatic carbocycles. The fourth-order valence-corrected chi connectivity index (χ4v) is 11.0. The predicted octanol–water partition coefficient (Wildman–Crippen LogP) is 5.48. The number of esters is 2. The second kappa shape index (κ2) is 8.94. The Kier molecular flexibility index (Phi) is 6.31. The molecule has 13 atom stereocenters. The first-order valence-electron chi connectivity index (χ1n) is 15.2. The first-order valence-corrected chi connectivity index (χ1v) is 15.2. The monoisotopic (exact) mass is 515 g/mol. The van der Waals surface area contributed by atoms with Gasteiger partial charge in [-0.2, -0.15) is 0 Å². The summed E-state index contributed by atoms with van der Waals surface area (Å²) in [5, 5.41) is 3.86. The highest BCUT2D eigenvalue weighted by Gasteiger charge is 2.70. The molecule has 0 aromatic heterocycles. The Balaban J connectivity index is 1.29. The number of carbonyl (C=O) groups is 2. The van der Waals surface area contributed by atoms with Crippen LogP contribution in [-0.2, 0) is 23.8 Å². The topological polar surface area (TPSA) is 73.9 Å². The molecule has 1 N–H and O–H groups in total. The van der Waals surface area contributed by atoms with Crippen molar-refractivity contribution in [3.05, 3.63) is 0 Å². The smallest absolute Gasteiger partial charge is 0.302 e. The van der Waals surface area contributed by atoms with Crippen molar-refractivity contribution in [3.8, 4) is 0 Å². The van der Waals surface area contributed by atoms with Crippen LogP contribution in [0.2, 0.25) is 0 Å².